The molecule has 9 heavy (non-hydrogen) atoms. The van der Waals surface area contributed by atoms with Crippen LogP contribution in [-0.4, -0.2) is 30.8 Å². The second-order valence-electron chi connectivity index (χ2n) is 2.12. The minimum absolute atomic E-state index is 0.432. The minimum atomic E-state index is -0.455. The lowest BCUT2D eigenvalue weighted by Crippen LogP contribution is -2.16. The molecule has 2 nitrogen and oxygen atoms in total. The van der Waals surface area contributed by atoms with Gasteiger partial charge in [0.05, 0.1) is 0 Å². The fraction of sp³-hybridized carbons (Fsp3) is 0.500. The summed E-state index contributed by atoms with van der Waals surface area (Å²) in [4.78, 5) is 12.2. The summed E-state index contributed by atoms with van der Waals surface area (Å²) in [6.45, 7) is 4.00. The first kappa shape index (κ1) is 8.66. The molecular weight excluding hydrogens is 138 g/mol. The summed E-state index contributed by atoms with van der Waals surface area (Å²) in [5.41, 5.74) is 0.432. The Hall–Kier alpha value is -0.340. The summed E-state index contributed by atoms with van der Waals surface area (Å²) in [5.74, 6) is 0. The summed E-state index contributed by atoms with van der Waals surface area (Å²) >= 11 is 5.11. The van der Waals surface area contributed by atoms with Gasteiger partial charge in [-0.2, -0.15) is 0 Å². The van der Waals surface area contributed by atoms with Gasteiger partial charge in [0.15, 0.2) is 0 Å². The molecule has 0 aliphatic carbocycles. The van der Waals surface area contributed by atoms with Gasteiger partial charge in [-0.15, -0.1) is 0 Å². The molecule has 0 aliphatic rings. The minimum Gasteiger partial charge on any atom is -0.305 e. The van der Waals surface area contributed by atoms with Gasteiger partial charge in [-0.1, -0.05) is 6.58 Å². The van der Waals surface area contributed by atoms with Crippen LogP contribution in [0.2, 0.25) is 0 Å². The topological polar surface area (TPSA) is 20.3 Å². The van der Waals surface area contributed by atoms with E-state index in [1.807, 2.05) is 19.0 Å². The summed E-state index contributed by atoms with van der Waals surface area (Å²) in [6.07, 6.45) is 0. The van der Waals surface area contributed by atoms with Crippen molar-refractivity contribution in [2.24, 2.45) is 0 Å². The average molecular weight is 148 g/mol. The van der Waals surface area contributed by atoms with E-state index < -0.39 is 5.24 Å². The molecule has 0 aliphatic heterocycles. The molecule has 0 rings (SSSR count). The lowest BCUT2D eigenvalue weighted by molar-refractivity contribution is -0.108. The Bertz CT molecular complexity index is 131. The molecule has 0 aromatic carbocycles. The highest BCUT2D eigenvalue weighted by atomic mass is 35.5. The third-order valence-corrected chi connectivity index (χ3v) is 1.05. The highest BCUT2D eigenvalue weighted by Crippen LogP contribution is 1.96. The molecule has 0 N–H and O–H groups in total. The van der Waals surface area contributed by atoms with Crippen LogP contribution in [0.25, 0.3) is 0 Å². The van der Waals surface area contributed by atoms with Crippen molar-refractivity contribution in [3.63, 3.8) is 0 Å². The van der Waals surface area contributed by atoms with Crippen LogP contribution in [0.15, 0.2) is 12.2 Å². The lowest BCUT2D eigenvalue weighted by Gasteiger charge is -2.07. The first-order valence-electron chi connectivity index (χ1n) is 2.56. The van der Waals surface area contributed by atoms with Crippen molar-refractivity contribution in [2.75, 3.05) is 20.6 Å². The van der Waals surface area contributed by atoms with Crippen molar-refractivity contribution in [3.05, 3.63) is 12.2 Å². The fourth-order valence-electron chi connectivity index (χ4n) is 0.444. The number of carbonyl (C=O) groups excluding carboxylic acids is 1. The Morgan fingerprint density at radius 2 is 2.11 bits per heavy atom. The Balaban J connectivity index is 3.65. The van der Waals surface area contributed by atoms with Gasteiger partial charge in [0.2, 0.25) is 5.24 Å². The summed E-state index contributed by atoms with van der Waals surface area (Å²) in [6, 6.07) is 0. The maximum atomic E-state index is 10.3. The fourth-order valence-corrected chi connectivity index (χ4v) is 0.504. The van der Waals surface area contributed by atoms with E-state index in [4.69, 9.17) is 11.6 Å². The Morgan fingerprint density at radius 1 is 1.67 bits per heavy atom. The van der Waals surface area contributed by atoms with Gasteiger partial charge in [0, 0.05) is 12.1 Å². The maximum Gasteiger partial charge on any atom is 0.249 e. The SMILES string of the molecule is C=C(CN(C)C)C(=O)Cl. The van der Waals surface area contributed by atoms with Crippen LogP contribution in [0.1, 0.15) is 0 Å². The molecule has 52 valence electrons. The van der Waals surface area contributed by atoms with E-state index >= 15 is 0 Å². The van der Waals surface area contributed by atoms with E-state index in [0.29, 0.717) is 12.1 Å². The monoisotopic (exact) mass is 147 g/mol. The molecule has 0 fully saturated rings. The van der Waals surface area contributed by atoms with Gasteiger partial charge in [0.1, 0.15) is 0 Å². The Morgan fingerprint density at radius 3 is 2.22 bits per heavy atom. The molecule has 0 aromatic rings. The predicted molar refractivity (Wildman–Crippen MR) is 38.6 cm³/mol. The molecule has 0 radical (unpaired) electrons. The number of hydrogen-bond acceptors (Lipinski definition) is 2. The first-order chi connectivity index (χ1) is 4.04. The highest BCUT2D eigenvalue weighted by molar-refractivity contribution is 6.67. The molecule has 0 atom stereocenters. The van der Waals surface area contributed by atoms with Crippen molar-refractivity contribution in [1.29, 1.82) is 0 Å². The Labute approximate surface area is 60.1 Å². The molecule has 0 heterocycles. The molecule has 3 heteroatoms. The third-order valence-electron chi connectivity index (χ3n) is 0.785. The van der Waals surface area contributed by atoms with Gasteiger partial charge < -0.3 is 4.90 Å². The van der Waals surface area contributed by atoms with Gasteiger partial charge in [-0.05, 0) is 25.7 Å². The largest absolute Gasteiger partial charge is 0.305 e. The average Bonchev–Trinajstić information content (AvgIpc) is 1.63. The normalized spacial score (nSPS) is 9.78. The molecule has 0 amide bonds. The van der Waals surface area contributed by atoms with Crippen LogP contribution >= 0.6 is 11.6 Å². The maximum absolute atomic E-state index is 10.3. The van der Waals surface area contributed by atoms with E-state index in [0.717, 1.165) is 0 Å². The van der Waals surface area contributed by atoms with E-state index in [-0.39, 0.29) is 0 Å². The number of likely N-dealkylation sites (N-methyl/N-ethyl adjacent to an activating group) is 1. The zero-order valence-corrected chi connectivity index (χ0v) is 6.40. The van der Waals surface area contributed by atoms with Gasteiger partial charge in [-0.25, -0.2) is 0 Å². The molecule has 0 unspecified atom stereocenters. The van der Waals surface area contributed by atoms with Crippen molar-refractivity contribution in [3.8, 4) is 0 Å². The zero-order valence-electron chi connectivity index (χ0n) is 5.65. The van der Waals surface area contributed by atoms with Crippen LogP contribution in [-0.2, 0) is 4.79 Å². The van der Waals surface area contributed by atoms with Gasteiger partial charge in [-0.3, -0.25) is 4.79 Å². The molecule has 0 spiro atoms. The summed E-state index contributed by atoms with van der Waals surface area (Å²) in [7, 11) is 3.70. The van der Waals surface area contributed by atoms with E-state index in [1.165, 1.54) is 0 Å². The first-order valence-corrected chi connectivity index (χ1v) is 2.94. The van der Waals surface area contributed by atoms with Crippen molar-refractivity contribution in [2.45, 2.75) is 0 Å². The van der Waals surface area contributed by atoms with E-state index in [2.05, 4.69) is 6.58 Å². The number of nitrogens with zero attached hydrogens (tertiary/aromatic N) is 1. The molecule has 0 saturated heterocycles. The quantitative estimate of drug-likeness (QED) is 0.436. The number of halogens is 1. The van der Waals surface area contributed by atoms with Crippen molar-refractivity contribution >= 4 is 16.8 Å². The summed E-state index contributed by atoms with van der Waals surface area (Å²) in [5, 5.41) is -0.455. The second-order valence-corrected chi connectivity index (χ2v) is 2.46. The predicted octanol–water partition coefficient (Wildman–Crippen LogP) is 0.870. The third kappa shape index (κ3) is 4.18. The van der Waals surface area contributed by atoms with Crippen molar-refractivity contribution < 1.29 is 4.79 Å². The number of hydrogen-bond donors (Lipinski definition) is 0. The van der Waals surface area contributed by atoms with Crippen LogP contribution < -0.4 is 0 Å². The Kier molecular flexibility index (Phi) is 3.50. The molecule has 0 saturated carbocycles. The number of carbonyl (C=O) groups is 1. The summed E-state index contributed by atoms with van der Waals surface area (Å²) < 4.78 is 0. The van der Waals surface area contributed by atoms with Crippen LogP contribution in [0.5, 0.6) is 0 Å². The standard InChI is InChI=1S/C6H10ClNO/c1-5(6(7)9)4-8(2)3/h1,4H2,2-3H3. The van der Waals surface area contributed by atoms with Crippen molar-refractivity contribution in [1.82, 2.24) is 4.90 Å². The zero-order chi connectivity index (χ0) is 7.44. The highest BCUT2D eigenvalue weighted by Gasteiger charge is 2.02. The lowest BCUT2D eigenvalue weighted by atomic mass is 10.3. The number of rotatable bonds is 3. The van der Waals surface area contributed by atoms with Crippen LogP contribution in [0, 0.1) is 0 Å². The van der Waals surface area contributed by atoms with Gasteiger partial charge >= 0.3 is 0 Å². The van der Waals surface area contributed by atoms with E-state index in [9.17, 15) is 4.79 Å². The molecule has 0 aromatic heterocycles. The van der Waals surface area contributed by atoms with E-state index in [1.54, 1.807) is 0 Å². The van der Waals surface area contributed by atoms with Crippen LogP contribution in [0.3, 0.4) is 0 Å². The molecule has 0 bridgehead atoms. The second kappa shape index (κ2) is 3.64. The van der Waals surface area contributed by atoms with Crippen LogP contribution in [0.4, 0.5) is 0 Å². The smallest absolute Gasteiger partial charge is 0.249 e. The molecular formula is C6H10ClNO. The van der Waals surface area contributed by atoms with Gasteiger partial charge in [0.25, 0.3) is 0 Å².